The Kier molecular flexibility index (Phi) is 1.40. The lowest BCUT2D eigenvalue weighted by Crippen LogP contribution is -2.16. The molecule has 2 aromatic rings. The van der Waals surface area contributed by atoms with Gasteiger partial charge in [-0.3, -0.25) is 0 Å². The predicted molar refractivity (Wildman–Crippen MR) is 73.3 cm³/mol. The molecule has 0 N–H and O–H groups in total. The minimum atomic E-state index is -0.194. The first-order valence-electron chi connectivity index (χ1n) is 6.91. The molecule has 1 fully saturated rings. The topological polar surface area (TPSA) is 17.1 Å². The molecule has 1 nitrogen and oxygen atoms in total. The van der Waals surface area contributed by atoms with E-state index in [9.17, 15) is 4.79 Å². The molecule has 19 heavy (non-hydrogen) atoms. The molecule has 2 aromatic carbocycles. The van der Waals surface area contributed by atoms with E-state index >= 15 is 0 Å². The second-order valence-corrected chi connectivity index (χ2v) is 6.34. The van der Waals surface area contributed by atoms with Crippen molar-refractivity contribution in [1.82, 2.24) is 0 Å². The monoisotopic (exact) mass is 246 g/mol. The van der Waals surface area contributed by atoms with Gasteiger partial charge in [-0.15, -0.1) is 0 Å². The summed E-state index contributed by atoms with van der Waals surface area (Å²) in [5.74, 6) is 0.681. The molecule has 0 heterocycles. The zero-order valence-electron chi connectivity index (χ0n) is 10.8. The van der Waals surface area contributed by atoms with Crippen LogP contribution in [0.3, 0.4) is 0 Å². The third-order valence-electron chi connectivity index (χ3n) is 5.99. The number of hydrogen-bond acceptors (Lipinski definition) is 1. The Morgan fingerprint density at radius 1 is 0.947 bits per heavy atom. The second kappa shape index (κ2) is 2.67. The SMILES string of the molecule is CC12c3ccccc3C3c4ccccc4C1C32C=O. The van der Waals surface area contributed by atoms with Crippen molar-refractivity contribution >= 4 is 6.29 Å². The van der Waals surface area contributed by atoms with E-state index in [1.165, 1.54) is 28.5 Å². The van der Waals surface area contributed by atoms with Crippen LogP contribution in [0.1, 0.15) is 41.0 Å². The van der Waals surface area contributed by atoms with Crippen LogP contribution >= 0.6 is 0 Å². The number of aldehydes is 1. The Morgan fingerprint density at radius 3 is 2.32 bits per heavy atom. The van der Waals surface area contributed by atoms with E-state index in [0.29, 0.717) is 5.92 Å². The fourth-order valence-electron chi connectivity index (χ4n) is 5.30. The summed E-state index contributed by atoms with van der Waals surface area (Å²) in [5.41, 5.74) is 5.39. The van der Waals surface area contributed by atoms with Crippen molar-refractivity contribution in [2.45, 2.75) is 24.2 Å². The van der Waals surface area contributed by atoms with Crippen LogP contribution in [0.5, 0.6) is 0 Å². The quantitative estimate of drug-likeness (QED) is 0.705. The highest BCUT2D eigenvalue weighted by Gasteiger charge is 2.85. The zero-order chi connectivity index (χ0) is 12.8. The lowest BCUT2D eigenvalue weighted by Gasteiger charge is -2.17. The number of rotatable bonds is 1. The van der Waals surface area contributed by atoms with Gasteiger partial charge in [-0.05, 0) is 22.3 Å². The van der Waals surface area contributed by atoms with Gasteiger partial charge in [0.2, 0.25) is 0 Å². The van der Waals surface area contributed by atoms with Crippen molar-refractivity contribution in [3.8, 4) is 0 Å². The third-order valence-corrected chi connectivity index (χ3v) is 5.99. The standard InChI is InChI=1S/C18H14O/c1-17-14-9-5-4-8-13(14)15-11-6-2-3-7-12(11)16(17)18(15,17)10-19/h2-10,15-16H,1H3. The summed E-state index contributed by atoms with van der Waals surface area (Å²) in [4.78, 5) is 12.0. The molecular weight excluding hydrogens is 232 g/mol. The van der Waals surface area contributed by atoms with Crippen molar-refractivity contribution in [1.29, 1.82) is 0 Å². The largest absolute Gasteiger partial charge is 0.303 e. The minimum absolute atomic E-state index is 0.0321. The second-order valence-electron chi connectivity index (χ2n) is 6.34. The number of fused-ring (bicyclic) bond motifs is 7. The van der Waals surface area contributed by atoms with Gasteiger partial charge in [-0.25, -0.2) is 0 Å². The van der Waals surface area contributed by atoms with E-state index < -0.39 is 0 Å². The summed E-state index contributed by atoms with van der Waals surface area (Å²) in [6.07, 6.45) is 1.25. The molecule has 4 atom stereocenters. The van der Waals surface area contributed by atoms with Crippen LogP contribution in [0.15, 0.2) is 48.5 Å². The Balaban J connectivity index is 1.93. The molecule has 0 radical (unpaired) electrons. The van der Waals surface area contributed by atoms with Crippen molar-refractivity contribution in [2.75, 3.05) is 0 Å². The molecule has 0 spiro atoms. The Hall–Kier alpha value is -1.89. The van der Waals surface area contributed by atoms with E-state index in [2.05, 4.69) is 55.5 Å². The molecule has 0 aliphatic heterocycles. The number of hydrogen-bond donors (Lipinski definition) is 0. The highest BCUT2D eigenvalue weighted by atomic mass is 16.1. The minimum Gasteiger partial charge on any atom is -0.303 e. The smallest absolute Gasteiger partial charge is 0.128 e. The Bertz CT molecular complexity index is 747. The predicted octanol–water partition coefficient (Wildman–Crippen LogP) is 3.39. The average Bonchev–Trinajstić information content (AvgIpc) is 2.80. The number of carbonyl (C=O) groups is 1. The summed E-state index contributed by atoms with van der Waals surface area (Å²) in [6, 6.07) is 17.3. The molecule has 92 valence electrons. The maximum Gasteiger partial charge on any atom is 0.128 e. The van der Waals surface area contributed by atoms with Gasteiger partial charge in [0.25, 0.3) is 0 Å². The Morgan fingerprint density at radius 2 is 1.58 bits per heavy atom. The average molecular weight is 246 g/mol. The van der Waals surface area contributed by atoms with Gasteiger partial charge in [0.1, 0.15) is 6.29 Å². The lowest BCUT2D eigenvalue weighted by atomic mass is 9.84. The first-order chi connectivity index (χ1) is 9.27. The molecule has 1 heteroatoms. The summed E-state index contributed by atoms with van der Waals surface area (Å²) in [6.45, 7) is 2.28. The third kappa shape index (κ3) is 0.734. The summed E-state index contributed by atoms with van der Waals surface area (Å²) in [7, 11) is 0. The van der Waals surface area contributed by atoms with Crippen LogP contribution in [0.25, 0.3) is 0 Å². The molecule has 0 aromatic heterocycles. The normalized spacial score (nSPS) is 39.4. The van der Waals surface area contributed by atoms with E-state index in [-0.39, 0.29) is 16.7 Å². The number of carbonyl (C=O) groups excluding carboxylic acids is 1. The molecule has 3 aliphatic rings. The van der Waals surface area contributed by atoms with E-state index in [0.717, 1.165) is 0 Å². The van der Waals surface area contributed by atoms with E-state index in [1.807, 2.05) is 0 Å². The molecule has 4 unspecified atom stereocenters. The molecular formula is C18H14O. The lowest BCUT2D eigenvalue weighted by molar-refractivity contribution is -0.112. The van der Waals surface area contributed by atoms with Crippen molar-refractivity contribution in [2.24, 2.45) is 5.41 Å². The fourth-order valence-corrected chi connectivity index (χ4v) is 5.30. The van der Waals surface area contributed by atoms with Crippen molar-refractivity contribution in [3.63, 3.8) is 0 Å². The van der Waals surface area contributed by atoms with Gasteiger partial charge in [0.05, 0.1) is 5.41 Å². The first-order valence-corrected chi connectivity index (χ1v) is 6.91. The first kappa shape index (κ1) is 9.96. The van der Waals surface area contributed by atoms with E-state index in [4.69, 9.17) is 0 Å². The zero-order valence-corrected chi connectivity index (χ0v) is 10.8. The molecule has 0 saturated heterocycles. The van der Waals surface area contributed by atoms with Crippen LogP contribution in [-0.4, -0.2) is 6.29 Å². The molecule has 1 saturated carbocycles. The maximum atomic E-state index is 12.0. The summed E-state index contributed by atoms with van der Waals surface area (Å²) >= 11 is 0. The van der Waals surface area contributed by atoms with Crippen molar-refractivity contribution < 1.29 is 4.79 Å². The van der Waals surface area contributed by atoms with Crippen LogP contribution < -0.4 is 0 Å². The highest BCUT2D eigenvalue weighted by Crippen LogP contribution is 2.87. The van der Waals surface area contributed by atoms with Gasteiger partial charge < -0.3 is 4.79 Å². The number of benzene rings is 2. The highest BCUT2D eigenvalue weighted by molar-refractivity contribution is 5.87. The summed E-state index contributed by atoms with van der Waals surface area (Å²) < 4.78 is 0. The van der Waals surface area contributed by atoms with Crippen molar-refractivity contribution in [3.05, 3.63) is 70.8 Å². The fraction of sp³-hybridized carbons (Fsp3) is 0.278. The summed E-state index contributed by atoms with van der Waals surface area (Å²) in [5, 5.41) is 0. The van der Waals surface area contributed by atoms with Crippen LogP contribution in [0.4, 0.5) is 0 Å². The van der Waals surface area contributed by atoms with Crippen LogP contribution in [0, 0.1) is 5.41 Å². The Labute approximate surface area is 112 Å². The molecule has 5 rings (SSSR count). The molecule has 0 bridgehead atoms. The van der Waals surface area contributed by atoms with E-state index in [1.54, 1.807) is 0 Å². The van der Waals surface area contributed by atoms with Gasteiger partial charge in [0, 0.05) is 17.3 Å². The molecule has 3 aliphatic carbocycles. The maximum absolute atomic E-state index is 12.0. The van der Waals surface area contributed by atoms with Gasteiger partial charge in [-0.1, -0.05) is 55.5 Å². The van der Waals surface area contributed by atoms with Gasteiger partial charge in [0.15, 0.2) is 0 Å². The van der Waals surface area contributed by atoms with Gasteiger partial charge >= 0.3 is 0 Å². The van der Waals surface area contributed by atoms with Gasteiger partial charge in [-0.2, -0.15) is 0 Å². The molecule has 0 amide bonds. The van der Waals surface area contributed by atoms with Crippen LogP contribution in [0.2, 0.25) is 0 Å². The van der Waals surface area contributed by atoms with Crippen LogP contribution in [-0.2, 0) is 10.2 Å².